The molecule has 0 saturated heterocycles. The summed E-state index contributed by atoms with van der Waals surface area (Å²) in [6.45, 7) is 4.56. The topological polar surface area (TPSA) is 35.5 Å². The number of alkyl halides is 1. The van der Waals surface area contributed by atoms with Crippen LogP contribution in [0.3, 0.4) is 0 Å². The molecule has 0 fully saturated rings. The van der Waals surface area contributed by atoms with E-state index in [1.165, 1.54) is 0 Å². The minimum atomic E-state index is 0.0289. The van der Waals surface area contributed by atoms with Gasteiger partial charge in [0.25, 0.3) is 0 Å². The highest BCUT2D eigenvalue weighted by Crippen LogP contribution is 2.36. The first-order chi connectivity index (χ1) is 15.0. The second-order valence-corrected chi connectivity index (χ2v) is 9.93. The molecule has 0 aliphatic heterocycles. The van der Waals surface area contributed by atoms with Gasteiger partial charge in [0.2, 0.25) is 0 Å². The molecule has 4 rings (SSSR count). The Kier molecular flexibility index (Phi) is 6.44. The summed E-state index contributed by atoms with van der Waals surface area (Å²) in [4.78, 5) is 14.0. The molecule has 158 valence electrons. The predicted molar refractivity (Wildman–Crippen MR) is 132 cm³/mol. The number of ketones is 1. The maximum Gasteiger partial charge on any atom is 0.195 e. The average molecular weight is 495 g/mol. The van der Waals surface area contributed by atoms with Crippen molar-refractivity contribution in [2.45, 2.75) is 18.7 Å². The Bertz CT molecular complexity index is 1230. The molecule has 5 heteroatoms. The summed E-state index contributed by atoms with van der Waals surface area (Å²) in [5.41, 5.74) is 4.14. The van der Waals surface area contributed by atoms with Crippen LogP contribution in [0, 0.1) is 6.92 Å². The molecule has 0 spiro atoms. The maximum absolute atomic E-state index is 13.8. The molecule has 3 nitrogen and oxygen atoms in total. The first-order valence-electron chi connectivity index (χ1n) is 10.0. The largest absolute Gasteiger partial charge is 0.497 e. The van der Waals surface area contributed by atoms with Gasteiger partial charge >= 0.3 is 0 Å². The SMILES string of the molecule is COc1ccc(-c2cc(OCC(C)Br)cc(C)c2C(=O)c2csc3ccccc23)cc1. The van der Waals surface area contributed by atoms with Crippen LogP contribution in [-0.2, 0) is 0 Å². The molecular weight excluding hydrogens is 472 g/mol. The zero-order chi connectivity index (χ0) is 22.0. The first kappa shape index (κ1) is 21.6. The van der Waals surface area contributed by atoms with Crippen LogP contribution in [0.4, 0.5) is 0 Å². The van der Waals surface area contributed by atoms with Crippen LogP contribution < -0.4 is 9.47 Å². The molecule has 3 aromatic carbocycles. The van der Waals surface area contributed by atoms with Crippen molar-refractivity contribution in [3.8, 4) is 22.6 Å². The van der Waals surface area contributed by atoms with Crippen LogP contribution in [0.5, 0.6) is 11.5 Å². The van der Waals surface area contributed by atoms with Gasteiger partial charge in [-0.1, -0.05) is 46.3 Å². The lowest BCUT2D eigenvalue weighted by molar-refractivity contribution is 0.104. The van der Waals surface area contributed by atoms with Crippen molar-refractivity contribution in [1.82, 2.24) is 0 Å². The van der Waals surface area contributed by atoms with Gasteiger partial charge in [0.05, 0.1) is 7.11 Å². The quantitative estimate of drug-likeness (QED) is 0.200. The van der Waals surface area contributed by atoms with E-state index >= 15 is 0 Å². The number of ether oxygens (including phenoxy) is 2. The summed E-state index contributed by atoms with van der Waals surface area (Å²) < 4.78 is 12.4. The molecular formula is C26H23BrO3S. The lowest BCUT2D eigenvalue weighted by Crippen LogP contribution is -2.09. The third-order valence-corrected chi connectivity index (χ3v) is 6.37. The van der Waals surface area contributed by atoms with Crippen molar-refractivity contribution in [1.29, 1.82) is 0 Å². The normalized spacial score (nSPS) is 12.0. The minimum absolute atomic E-state index is 0.0289. The highest BCUT2D eigenvalue weighted by atomic mass is 79.9. The Morgan fingerprint density at radius 2 is 1.81 bits per heavy atom. The predicted octanol–water partition coefficient (Wildman–Crippen LogP) is 7.28. The molecule has 1 atom stereocenters. The monoisotopic (exact) mass is 494 g/mol. The number of thiophene rings is 1. The van der Waals surface area contributed by atoms with Crippen molar-refractivity contribution < 1.29 is 14.3 Å². The van der Waals surface area contributed by atoms with Crippen molar-refractivity contribution in [3.05, 3.63) is 82.7 Å². The fourth-order valence-electron chi connectivity index (χ4n) is 3.64. The molecule has 0 N–H and O–H groups in total. The van der Waals surface area contributed by atoms with Gasteiger partial charge in [-0.3, -0.25) is 4.79 Å². The molecule has 1 heterocycles. The second kappa shape index (κ2) is 9.25. The van der Waals surface area contributed by atoms with Crippen molar-refractivity contribution in [3.63, 3.8) is 0 Å². The Balaban J connectivity index is 1.86. The maximum atomic E-state index is 13.8. The molecule has 1 aromatic heterocycles. The van der Waals surface area contributed by atoms with E-state index in [2.05, 4.69) is 15.9 Å². The van der Waals surface area contributed by atoms with Gasteiger partial charge in [0.1, 0.15) is 18.1 Å². The van der Waals surface area contributed by atoms with Crippen molar-refractivity contribution >= 4 is 43.1 Å². The number of rotatable bonds is 7. The summed E-state index contributed by atoms with van der Waals surface area (Å²) in [6.07, 6.45) is 0. The first-order valence-corrected chi connectivity index (χ1v) is 11.8. The highest BCUT2D eigenvalue weighted by molar-refractivity contribution is 9.09. The molecule has 0 amide bonds. The lowest BCUT2D eigenvalue weighted by atomic mass is 9.90. The van der Waals surface area contributed by atoms with Crippen LogP contribution in [0.25, 0.3) is 21.2 Å². The second-order valence-electron chi connectivity index (χ2n) is 7.46. The highest BCUT2D eigenvalue weighted by Gasteiger charge is 2.22. The third-order valence-electron chi connectivity index (χ3n) is 5.14. The molecule has 1 unspecified atom stereocenters. The van der Waals surface area contributed by atoms with Gasteiger partial charge in [-0.25, -0.2) is 0 Å². The lowest BCUT2D eigenvalue weighted by Gasteiger charge is -2.16. The number of fused-ring (bicyclic) bond motifs is 1. The standard InChI is InChI=1S/C26H23BrO3S/c1-16-12-20(30-14-17(2)27)13-22(18-8-10-19(29-3)11-9-18)25(16)26(28)23-15-31-24-7-5-4-6-21(23)24/h4-13,15,17H,14H2,1-3H3. The van der Waals surface area contributed by atoms with E-state index in [0.717, 1.165) is 43.8 Å². The summed E-state index contributed by atoms with van der Waals surface area (Å²) in [7, 11) is 1.64. The summed E-state index contributed by atoms with van der Waals surface area (Å²) in [6, 6.07) is 19.7. The van der Waals surface area contributed by atoms with Crippen molar-refractivity contribution in [2.75, 3.05) is 13.7 Å². The number of carbonyl (C=O) groups is 1. The smallest absolute Gasteiger partial charge is 0.195 e. The van der Waals surface area contributed by atoms with Gasteiger partial charge in [-0.05, 0) is 60.9 Å². The van der Waals surface area contributed by atoms with Crippen LogP contribution in [0.1, 0.15) is 28.4 Å². The van der Waals surface area contributed by atoms with Crippen LogP contribution in [0.15, 0.2) is 66.0 Å². The summed E-state index contributed by atoms with van der Waals surface area (Å²) in [5.74, 6) is 1.56. The number of benzene rings is 3. The third kappa shape index (κ3) is 4.53. The van der Waals surface area contributed by atoms with Crippen LogP contribution in [0.2, 0.25) is 0 Å². The number of hydrogen-bond donors (Lipinski definition) is 0. The van der Waals surface area contributed by atoms with Gasteiger partial charge < -0.3 is 9.47 Å². The van der Waals surface area contributed by atoms with Gasteiger partial charge in [0, 0.05) is 31.4 Å². The zero-order valence-corrected chi connectivity index (χ0v) is 20.0. The molecule has 0 aliphatic rings. The number of hydrogen-bond acceptors (Lipinski definition) is 4. The van der Waals surface area contributed by atoms with E-state index in [4.69, 9.17) is 9.47 Å². The van der Waals surface area contributed by atoms with Crippen LogP contribution >= 0.6 is 27.3 Å². The Hall–Kier alpha value is -2.63. The number of methoxy groups -OCH3 is 1. The van der Waals surface area contributed by atoms with E-state index in [1.54, 1.807) is 18.4 Å². The van der Waals surface area contributed by atoms with Gasteiger partial charge in [-0.15, -0.1) is 11.3 Å². The van der Waals surface area contributed by atoms with Gasteiger partial charge in [0.15, 0.2) is 5.78 Å². The van der Waals surface area contributed by atoms with Crippen molar-refractivity contribution in [2.24, 2.45) is 0 Å². The van der Waals surface area contributed by atoms with E-state index in [-0.39, 0.29) is 10.6 Å². The fourth-order valence-corrected chi connectivity index (χ4v) is 4.71. The number of halogens is 1. The Labute approximate surface area is 194 Å². The Morgan fingerprint density at radius 1 is 1.06 bits per heavy atom. The van der Waals surface area contributed by atoms with E-state index in [0.29, 0.717) is 12.2 Å². The molecule has 31 heavy (non-hydrogen) atoms. The zero-order valence-electron chi connectivity index (χ0n) is 17.6. The number of carbonyl (C=O) groups excluding carboxylic acids is 1. The fraction of sp³-hybridized carbons (Fsp3) is 0.192. The summed E-state index contributed by atoms with van der Waals surface area (Å²) >= 11 is 5.12. The van der Waals surface area contributed by atoms with E-state index in [1.807, 2.05) is 79.9 Å². The minimum Gasteiger partial charge on any atom is -0.497 e. The van der Waals surface area contributed by atoms with E-state index in [9.17, 15) is 4.79 Å². The molecule has 0 bridgehead atoms. The molecule has 0 aliphatic carbocycles. The van der Waals surface area contributed by atoms with E-state index < -0.39 is 0 Å². The molecule has 0 radical (unpaired) electrons. The van der Waals surface area contributed by atoms with Gasteiger partial charge in [-0.2, -0.15) is 0 Å². The molecule has 4 aromatic rings. The number of aryl methyl sites for hydroxylation is 1. The average Bonchev–Trinajstić information content (AvgIpc) is 3.21. The molecule has 0 saturated carbocycles. The summed E-state index contributed by atoms with van der Waals surface area (Å²) in [5, 5.41) is 2.95. The Morgan fingerprint density at radius 3 is 2.52 bits per heavy atom. The van der Waals surface area contributed by atoms with Crippen LogP contribution in [-0.4, -0.2) is 24.3 Å².